The van der Waals surface area contributed by atoms with Gasteiger partial charge in [0, 0.05) is 57.6 Å². The van der Waals surface area contributed by atoms with Crippen molar-refractivity contribution >= 4 is 62.2 Å². The lowest BCUT2D eigenvalue weighted by molar-refractivity contribution is 0.0987. The lowest BCUT2D eigenvalue weighted by Crippen LogP contribution is -2.30. The van der Waals surface area contributed by atoms with Crippen LogP contribution in [0.2, 0.25) is 0 Å². The molecule has 1 aliphatic heterocycles. The zero-order valence-corrected chi connectivity index (χ0v) is 21.3. The monoisotopic (exact) mass is 524 g/mol. The number of nitrogen functional groups attached to an aromatic ring is 1. The van der Waals surface area contributed by atoms with Crippen molar-refractivity contribution in [3.05, 3.63) is 95.2 Å². The molecule has 6 rings (SSSR count). The molecule has 0 radical (unpaired) electrons. The fourth-order valence-corrected chi connectivity index (χ4v) is 5.57. The zero-order valence-electron chi connectivity index (χ0n) is 20.6. The van der Waals surface area contributed by atoms with Crippen LogP contribution in [0.3, 0.4) is 0 Å². The van der Waals surface area contributed by atoms with E-state index < -0.39 is 0 Å². The maximum Gasteiger partial charge on any atom is 0.272 e. The molecule has 1 aromatic heterocycles. The topological polar surface area (TPSA) is 111 Å². The van der Waals surface area contributed by atoms with Crippen molar-refractivity contribution < 1.29 is 14.7 Å². The molecule has 0 saturated heterocycles. The molecular weight excluding hydrogens is 500 g/mol. The van der Waals surface area contributed by atoms with E-state index in [1.807, 2.05) is 31.2 Å². The van der Waals surface area contributed by atoms with E-state index in [4.69, 9.17) is 17.3 Å². The van der Waals surface area contributed by atoms with Gasteiger partial charge in [0.1, 0.15) is 11.4 Å². The number of H-pyrrole nitrogens is 1. The number of carbonyl (C=O) groups is 2. The van der Waals surface area contributed by atoms with Crippen LogP contribution in [0.5, 0.6) is 5.75 Å². The first-order valence-electron chi connectivity index (χ1n) is 12.3. The van der Waals surface area contributed by atoms with E-state index in [2.05, 4.69) is 10.3 Å². The highest BCUT2D eigenvalue weighted by Gasteiger charge is 2.35. The first-order chi connectivity index (χ1) is 18.3. The summed E-state index contributed by atoms with van der Waals surface area (Å²) in [6.07, 6.45) is 0. The molecule has 5 aromatic rings. The number of aromatic nitrogens is 1. The van der Waals surface area contributed by atoms with Gasteiger partial charge in [-0.25, -0.2) is 0 Å². The molecule has 0 spiro atoms. The third-order valence-electron chi connectivity index (χ3n) is 7.18. The largest absolute Gasteiger partial charge is 0.507 e. The van der Waals surface area contributed by atoms with E-state index in [1.54, 1.807) is 53.4 Å². The Hall–Kier alpha value is -4.49. The van der Waals surface area contributed by atoms with Gasteiger partial charge in [0.05, 0.1) is 5.69 Å². The summed E-state index contributed by atoms with van der Waals surface area (Å²) in [5.74, 6) is -0.0667. The van der Waals surface area contributed by atoms with Crippen molar-refractivity contribution in [1.82, 2.24) is 4.98 Å². The first-order valence-corrected chi connectivity index (χ1v) is 12.8. The van der Waals surface area contributed by atoms with Crippen molar-refractivity contribution in [2.75, 3.05) is 28.4 Å². The second-order valence-corrected chi connectivity index (χ2v) is 9.96. The van der Waals surface area contributed by atoms with Crippen LogP contribution < -0.4 is 16.0 Å². The molecule has 2 heterocycles. The van der Waals surface area contributed by atoms with Gasteiger partial charge in [-0.2, -0.15) is 0 Å². The highest BCUT2D eigenvalue weighted by molar-refractivity contribution is 6.19. The molecule has 1 unspecified atom stereocenters. The molecule has 8 heteroatoms. The smallest absolute Gasteiger partial charge is 0.272 e. The summed E-state index contributed by atoms with van der Waals surface area (Å²) >= 11 is 6.37. The Bertz CT molecular complexity index is 1740. The number of amides is 2. The number of carbonyl (C=O) groups excluding carboxylic acids is 2. The number of nitrogens with one attached hydrogen (secondary N) is 2. The van der Waals surface area contributed by atoms with Crippen molar-refractivity contribution in [1.29, 1.82) is 0 Å². The van der Waals surface area contributed by atoms with Crippen LogP contribution in [0, 0.1) is 6.92 Å². The summed E-state index contributed by atoms with van der Waals surface area (Å²) in [4.78, 5) is 31.4. The lowest BCUT2D eigenvalue weighted by Gasteiger charge is -2.19. The zero-order chi connectivity index (χ0) is 26.6. The maximum absolute atomic E-state index is 13.8. The van der Waals surface area contributed by atoms with Crippen LogP contribution >= 0.6 is 11.6 Å². The molecule has 1 atom stereocenters. The van der Waals surface area contributed by atoms with E-state index >= 15 is 0 Å². The van der Waals surface area contributed by atoms with E-state index in [9.17, 15) is 14.7 Å². The van der Waals surface area contributed by atoms with Gasteiger partial charge in [0.15, 0.2) is 0 Å². The summed E-state index contributed by atoms with van der Waals surface area (Å²) < 4.78 is 0. The number of hydrogen-bond acceptors (Lipinski definition) is 4. The summed E-state index contributed by atoms with van der Waals surface area (Å²) in [6.45, 7) is 2.42. The van der Waals surface area contributed by atoms with E-state index in [1.165, 1.54) is 0 Å². The van der Waals surface area contributed by atoms with E-state index in [-0.39, 0.29) is 23.5 Å². The molecule has 0 aliphatic carbocycles. The molecule has 7 nitrogen and oxygen atoms in total. The molecule has 38 heavy (non-hydrogen) atoms. The van der Waals surface area contributed by atoms with E-state index in [0.29, 0.717) is 46.3 Å². The van der Waals surface area contributed by atoms with Gasteiger partial charge in [0.2, 0.25) is 0 Å². The van der Waals surface area contributed by atoms with Crippen molar-refractivity contribution in [2.24, 2.45) is 0 Å². The fourth-order valence-electron chi connectivity index (χ4n) is 5.32. The third kappa shape index (κ3) is 3.92. The second-order valence-electron chi connectivity index (χ2n) is 9.65. The predicted molar refractivity (Wildman–Crippen MR) is 153 cm³/mol. The van der Waals surface area contributed by atoms with Crippen molar-refractivity contribution in [3.63, 3.8) is 0 Å². The SMILES string of the molecule is Cc1cccc2c(O)cc3c(c12)C(CCl)CN3C(=O)c1ccc2cc(C(=O)Nc3ccc(N)cc3)[nH]c2c1. The minimum atomic E-state index is -0.296. The van der Waals surface area contributed by atoms with Gasteiger partial charge in [-0.3, -0.25) is 9.59 Å². The molecule has 4 aromatic carbocycles. The van der Waals surface area contributed by atoms with Gasteiger partial charge in [-0.15, -0.1) is 11.6 Å². The van der Waals surface area contributed by atoms with Gasteiger partial charge < -0.3 is 26.0 Å². The predicted octanol–water partition coefficient (Wildman–Crippen LogP) is 6.15. The number of aryl methyl sites for hydroxylation is 1. The Kier molecular flexibility index (Phi) is 5.73. The summed E-state index contributed by atoms with van der Waals surface area (Å²) in [7, 11) is 0. The number of phenolic OH excluding ortho intramolecular Hbond substituents is 1. The third-order valence-corrected chi connectivity index (χ3v) is 7.56. The van der Waals surface area contributed by atoms with Gasteiger partial charge in [-0.05, 0) is 65.9 Å². The minimum Gasteiger partial charge on any atom is -0.507 e. The highest BCUT2D eigenvalue weighted by Crippen LogP contribution is 2.46. The summed E-state index contributed by atoms with van der Waals surface area (Å²) in [5, 5.41) is 16.1. The number of benzene rings is 4. The number of nitrogens with two attached hydrogens (primary N) is 1. The summed E-state index contributed by atoms with van der Waals surface area (Å²) in [6, 6.07) is 21.4. The number of aromatic hydroxyl groups is 1. The van der Waals surface area contributed by atoms with Crippen LogP contribution in [-0.4, -0.2) is 34.3 Å². The number of aromatic amines is 1. The lowest BCUT2D eigenvalue weighted by atomic mass is 9.92. The Balaban J connectivity index is 1.33. The first kappa shape index (κ1) is 23.9. The van der Waals surface area contributed by atoms with Gasteiger partial charge in [-0.1, -0.05) is 24.3 Å². The normalized spacial score (nSPS) is 14.7. The summed E-state index contributed by atoms with van der Waals surface area (Å²) in [5.41, 5.74) is 11.2. The molecule has 190 valence electrons. The Morgan fingerprint density at radius 2 is 1.89 bits per heavy atom. The Morgan fingerprint density at radius 1 is 1.11 bits per heavy atom. The molecular formula is C30H25ClN4O3. The number of hydrogen-bond donors (Lipinski definition) is 4. The second kappa shape index (κ2) is 9.11. The maximum atomic E-state index is 13.8. The van der Waals surface area contributed by atoms with Crippen LogP contribution in [0.15, 0.2) is 72.8 Å². The highest BCUT2D eigenvalue weighted by atomic mass is 35.5. The average Bonchev–Trinajstić information content (AvgIpc) is 3.51. The van der Waals surface area contributed by atoms with Gasteiger partial charge >= 0.3 is 0 Å². The number of nitrogens with zero attached hydrogens (tertiary/aromatic N) is 1. The number of fused-ring (bicyclic) bond motifs is 4. The minimum absolute atomic E-state index is 0.0577. The Labute approximate surface area is 223 Å². The number of anilines is 3. The van der Waals surface area contributed by atoms with Crippen molar-refractivity contribution in [3.8, 4) is 5.75 Å². The molecule has 0 saturated carbocycles. The Morgan fingerprint density at radius 3 is 2.66 bits per heavy atom. The standard InChI is InChI=1S/C30H25ClN4O3/c1-16-3-2-4-22-26(36)13-25-28(27(16)22)19(14-31)15-35(25)30(38)18-6-5-17-11-24(34-23(17)12-18)29(37)33-21-9-7-20(32)8-10-21/h2-13,19,34,36H,14-15,32H2,1H3,(H,33,37). The molecule has 0 fully saturated rings. The molecule has 0 bridgehead atoms. The number of halogens is 1. The molecule has 1 aliphatic rings. The van der Waals surface area contributed by atoms with E-state index in [0.717, 1.165) is 27.3 Å². The number of phenols is 1. The fraction of sp³-hybridized carbons (Fsp3) is 0.133. The van der Waals surface area contributed by atoms with Crippen LogP contribution in [-0.2, 0) is 0 Å². The quantitative estimate of drug-likeness (QED) is 0.167. The molecule has 5 N–H and O–H groups in total. The average molecular weight is 525 g/mol. The van der Waals surface area contributed by atoms with Crippen LogP contribution in [0.4, 0.5) is 17.1 Å². The van der Waals surface area contributed by atoms with Gasteiger partial charge in [0.25, 0.3) is 11.8 Å². The van der Waals surface area contributed by atoms with Crippen molar-refractivity contribution in [2.45, 2.75) is 12.8 Å². The van der Waals surface area contributed by atoms with Crippen LogP contribution in [0.25, 0.3) is 21.7 Å². The number of rotatable bonds is 4. The van der Waals surface area contributed by atoms with Crippen LogP contribution in [0.1, 0.15) is 37.9 Å². The molecule has 2 amide bonds. The number of alkyl halides is 1.